The lowest BCUT2D eigenvalue weighted by Gasteiger charge is -2.01. The maximum absolute atomic E-state index is 5.17. The largest absolute Gasteiger partial charge is 0.493 e. The van der Waals surface area contributed by atoms with Gasteiger partial charge < -0.3 is 14.2 Å². The van der Waals surface area contributed by atoms with Crippen LogP contribution in [0.3, 0.4) is 0 Å². The van der Waals surface area contributed by atoms with Crippen LogP contribution >= 0.6 is 0 Å². The average molecular weight is 182 g/mol. The maximum Gasteiger partial charge on any atom is 0.231 e. The molecule has 0 N–H and O–H groups in total. The molecule has 0 saturated carbocycles. The van der Waals surface area contributed by atoms with Crippen LogP contribution in [0.15, 0.2) is 18.2 Å². The van der Waals surface area contributed by atoms with E-state index in [4.69, 9.17) is 14.2 Å². The van der Waals surface area contributed by atoms with Crippen LogP contribution in [0.25, 0.3) is 0 Å². The van der Waals surface area contributed by atoms with Gasteiger partial charge in [0.25, 0.3) is 0 Å². The third-order valence-corrected chi connectivity index (χ3v) is 1.58. The van der Waals surface area contributed by atoms with Gasteiger partial charge in [-0.05, 0) is 12.1 Å². The second kappa shape index (κ2) is 4.60. The molecule has 0 atom stereocenters. The monoisotopic (exact) mass is 182 g/mol. The minimum Gasteiger partial charge on any atom is -0.493 e. The summed E-state index contributed by atoms with van der Waals surface area (Å²) in [7, 11) is 1.61. The predicted molar refractivity (Wildman–Crippen MR) is 50.5 cm³/mol. The Bertz CT molecular complexity index is 271. The molecule has 0 radical (unpaired) electrons. The molecule has 2 rings (SSSR count). The number of rotatable bonds is 1. The average Bonchev–Trinajstić information content (AvgIpc) is 2.68. The number of ether oxygens (including phenoxy) is 3. The fourth-order valence-electron chi connectivity index (χ4n) is 1.06. The summed E-state index contributed by atoms with van der Waals surface area (Å²) in [6.07, 6.45) is 0. The van der Waals surface area contributed by atoms with Gasteiger partial charge in [-0.1, -0.05) is 19.9 Å². The highest BCUT2D eigenvalue weighted by molar-refractivity contribution is 5.52. The first-order valence-corrected chi connectivity index (χ1v) is 4.34. The van der Waals surface area contributed by atoms with Crippen molar-refractivity contribution in [2.24, 2.45) is 0 Å². The van der Waals surface area contributed by atoms with Gasteiger partial charge in [-0.25, -0.2) is 0 Å². The van der Waals surface area contributed by atoms with Crippen molar-refractivity contribution in [2.45, 2.75) is 13.8 Å². The molecule has 0 amide bonds. The van der Waals surface area contributed by atoms with Crippen LogP contribution in [-0.2, 0) is 0 Å². The molecular formula is C10H14O3. The molecule has 3 nitrogen and oxygen atoms in total. The van der Waals surface area contributed by atoms with Crippen molar-refractivity contribution in [1.29, 1.82) is 0 Å². The van der Waals surface area contributed by atoms with E-state index in [2.05, 4.69) is 0 Å². The summed E-state index contributed by atoms with van der Waals surface area (Å²) in [5.41, 5.74) is 0. The van der Waals surface area contributed by atoms with E-state index in [1.165, 1.54) is 0 Å². The standard InChI is InChI=1S/C8H8O3.C2H6/c1-9-6-3-2-4-7-8(6)11-5-10-7;1-2/h2-4H,5H2,1H3;1-2H3. The van der Waals surface area contributed by atoms with E-state index in [9.17, 15) is 0 Å². The van der Waals surface area contributed by atoms with Gasteiger partial charge in [-0.3, -0.25) is 0 Å². The minimum absolute atomic E-state index is 0.287. The fraction of sp³-hybridized carbons (Fsp3) is 0.400. The first-order chi connectivity index (χ1) is 6.42. The second-order valence-electron chi connectivity index (χ2n) is 2.19. The number of para-hydroxylation sites is 1. The van der Waals surface area contributed by atoms with Gasteiger partial charge in [-0.15, -0.1) is 0 Å². The summed E-state index contributed by atoms with van der Waals surface area (Å²) in [4.78, 5) is 0. The molecule has 0 saturated heterocycles. The van der Waals surface area contributed by atoms with E-state index in [0.29, 0.717) is 5.75 Å². The van der Waals surface area contributed by atoms with Gasteiger partial charge >= 0.3 is 0 Å². The Hall–Kier alpha value is -1.38. The smallest absolute Gasteiger partial charge is 0.231 e. The summed E-state index contributed by atoms with van der Waals surface area (Å²) in [5, 5.41) is 0. The second-order valence-corrected chi connectivity index (χ2v) is 2.19. The van der Waals surface area contributed by atoms with Crippen LogP contribution in [0.4, 0.5) is 0 Å². The molecule has 0 spiro atoms. The zero-order valence-corrected chi connectivity index (χ0v) is 8.16. The lowest BCUT2D eigenvalue weighted by atomic mass is 10.3. The Morgan fingerprint density at radius 1 is 1.23 bits per heavy atom. The molecule has 0 unspecified atom stereocenters. The molecule has 3 heteroatoms. The molecule has 1 aromatic carbocycles. The zero-order chi connectivity index (χ0) is 9.68. The molecule has 13 heavy (non-hydrogen) atoms. The molecule has 0 aromatic heterocycles. The first-order valence-electron chi connectivity index (χ1n) is 4.34. The topological polar surface area (TPSA) is 27.7 Å². The highest BCUT2D eigenvalue weighted by Crippen LogP contribution is 2.39. The number of methoxy groups -OCH3 is 1. The lowest BCUT2D eigenvalue weighted by Crippen LogP contribution is -1.93. The fourth-order valence-corrected chi connectivity index (χ4v) is 1.06. The molecular weight excluding hydrogens is 168 g/mol. The first kappa shape index (κ1) is 9.71. The molecule has 1 aliphatic heterocycles. The van der Waals surface area contributed by atoms with Crippen molar-refractivity contribution in [2.75, 3.05) is 13.9 Å². The van der Waals surface area contributed by atoms with Gasteiger partial charge in [0.1, 0.15) is 0 Å². The zero-order valence-electron chi connectivity index (χ0n) is 8.16. The quantitative estimate of drug-likeness (QED) is 0.667. The van der Waals surface area contributed by atoms with Crippen molar-refractivity contribution < 1.29 is 14.2 Å². The van der Waals surface area contributed by atoms with Crippen LogP contribution in [0.5, 0.6) is 17.2 Å². The summed E-state index contributed by atoms with van der Waals surface area (Å²) in [6, 6.07) is 5.56. The van der Waals surface area contributed by atoms with Crippen molar-refractivity contribution in [1.82, 2.24) is 0 Å². The number of hydrogen-bond acceptors (Lipinski definition) is 3. The van der Waals surface area contributed by atoms with E-state index in [1.54, 1.807) is 7.11 Å². The molecule has 0 fully saturated rings. The Kier molecular flexibility index (Phi) is 3.43. The van der Waals surface area contributed by atoms with Crippen LogP contribution in [0.1, 0.15) is 13.8 Å². The van der Waals surface area contributed by atoms with Crippen LogP contribution < -0.4 is 14.2 Å². The lowest BCUT2D eigenvalue weighted by molar-refractivity contribution is 0.171. The van der Waals surface area contributed by atoms with Crippen molar-refractivity contribution in [3.63, 3.8) is 0 Å². The number of fused-ring (bicyclic) bond motifs is 1. The normalized spacial score (nSPS) is 11.6. The van der Waals surface area contributed by atoms with Crippen molar-refractivity contribution >= 4 is 0 Å². The molecule has 1 heterocycles. The molecule has 1 aliphatic rings. The molecule has 1 aromatic rings. The Labute approximate surface area is 78.2 Å². The third-order valence-electron chi connectivity index (χ3n) is 1.58. The summed E-state index contributed by atoms with van der Waals surface area (Å²) < 4.78 is 15.4. The van der Waals surface area contributed by atoms with Gasteiger partial charge in [-0.2, -0.15) is 0 Å². The van der Waals surface area contributed by atoms with E-state index in [-0.39, 0.29) is 6.79 Å². The van der Waals surface area contributed by atoms with Gasteiger partial charge in [0, 0.05) is 0 Å². The van der Waals surface area contributed by atoms with Gasteiger partial charge in [0.05, 0.1) is 7.11 Å². The van der Waals surface area contributed by atoms with Crippen molar-refractivity contribution in [3.8, 4) is 17.2 Å². The van der Waals surface area contributed by atoms with E-state index in [1.807, 2.05) is 32.0 Å². The Balaban J connectivity index is 0.000000396. The summed E-state index contributed by atoms with van der Waals surface area (Å²) in [6.45, 7) is 4.29. The number of benzene rings is 1. The van der Waals surface area contributed by atoms with Crippen LogP contribution in [0, 0.1) is 0 Å². The van der Waals surface area contributed by atoms with Crippen LogP contribution in [-0.4, -0.2) is 13.9 Å². The summed E-state index contributed by atoms with van der Waals surface area (Å²) >= 11 is 0. The molecule has 0 bridgehead atoms. The van der Waals surface area contributed by atoms with Gasteiger partial charge in [0.15, 0.2) is 11.5 Å². The highest BCUT2D eigenvalue weighted by atomic mass is 16.7. The third kappa shape index (κ3) is 1.86. The Morgan fingerprint density at radius 2 is 2.00 bits per heavy atom. The minimum atomic E-state index is 0.287. The SMILES string of the molecule is CC.COc1cccc2c1OCO2. The van der Waals surface area contributed by atoms with E-state index < -0.39 is 0 Å². The number of hydrogen-bond donors (Lipinski definition) is 0. The summed E-state index contributed by atoms with van der Waals surface area (Å²) in [5.74, 6) is 2.18. The van der Waals surface area contributed by atoms with E-state index >= 15 is 0 Å². The van der Waals surface area contributed by atoms with Crippen LogP contribution in [0.2, 0.25) is 0 Å². The Morgan fingerprint density at radius 3 is 2.69 bits per heavy atom. The highest BCUT2D eigenvalue weighted by Gasteiger charge is 2.16. The molecule has 0 aliphatic carbocycles. The predicted octanol–water partition coefficient (Wildman–Crippen LogP) is 2.45. The van der Waals surface area contributed by atoms with E-state index in [0.717, 1.165) is 11.5 Å². The van der Waals surface area contributed by atoms with Gasteiger partial charge in [0.2, 0.25) is 12.5 Å². The maximum atomic E-state index is 5.17. The van der Waals surface area contributed by atoms with Crippen molar-refractivity contribution in [3.05, 3.63) is 18.2 Å². The molecule has 72 valence electrons.